The molecule has 12 heteroatoms. The summed E-state index contributed by atoms with van der Waals surface area (Å²) in [6, 6.07) is 0.894. The summed E-state index contributed by atoms with van der Waals surface area (Å²) in [5.74, 6) is -1.21. The molecule has 0 aliphatic rings. The van der Waals surface area contributed by atoms with Gasteiger partial charge in [-0.05, 0) is 0 Å². The van der Waals surface area contributed by atoms with Gasteiger partial charge in [-0.2, -0.15) is 0 Å². The summed E-state index contributed by atoms with van der Waals surface area (Å²) in [7, 11) is 0. The van der Waals surface area contributed by atoms with E-state index in [-0.39, 0.29) is 27.9 Å². The molecule has 1 rings (SSSR count). The summed E-state index contributed by atoms with van der Waals surface area (Å²) >= 11 is 0. The van der Waals surface area contributed by atoms with E-state index >= 15 is 0 Å². The predicted octanol–water partition coefficient (Wildman–Crippen LogP) is 0.290. The minimum Gasteiger partial charge on any atom is -0.497 e. The van der Waals surface area contributed by atoms with Gasteiger partial charge in [0.2, 0.25) is 0 Å². The van der Waals surface area contributed by atoms with Crippen LogP contribution in [0.4, 0.5) is 17.1 Å². The van der Waals surface area contributed by atoms with Crippen molar-refractivity contribution in [2.24, 2.45) is 0 Å². The van der Waals surface area contributed by atoms with E-state index in [1.165, 1.54) is 0 Å². The molecule has 3 N–H and O–H groups in total. The van der Waals surface area contributed by atoms with Crippen molar-refractivity contribution >= 4 is 17.1 Å². The number of nitro benzene ring substituents is 3. The second-order valence-corrected chi connectivity index (χ2v) is 2.60. The van der Waals surface area contributed by atoms with Crippen LogP contribution in [0.25, 0.3) is 0 Å². The molecule has 0 spiro atoms. The number of hydrogen-bond donors (Lipinski definition) is 1. The Morgan fingerprint density at radius 3 is 1.44 bits per heavy atom. The van der Waals surface area contributed by atoms with Gasteiger partial charge in [0.1, 0.15) is 0 Å². The number of aromatic hydroxyl groups is 1. The number of non-ortho nitro benzene ring substituents is 1. The predicted molar refractivity (Wildman–Crippen MR) is 51.7 cm³/mol. The minimum atomic E-state index is -1.21. The zero-order valence-corrected chi connectivity index (χ0v) is 9.68. The Morgan fingerprint density at radius 2 is 1.22 bits per heavy atom. The number of benzene rings is 1. The fourth-order valence-electron chi connectivity index (χ4n) is 0.974. The number of nitrogens with zero attached hydrogens (tertiary/aromatic N) is 3. The first-order valence-corrected chi connectivity index (χ1v) is 3.64. The van der Waals surface area contributed by atoms with Gasteiger partial charge in [-0.1, -0.05) is 0 Å². The van der Waals surface area contributed by atoms with Gasteiger partial charge in [0.05, 0.1) is 26.9 Å². The molecular weight excluding hydrogens is 350 g/mol. The van der Waals surface area contributed by atoms with Crippen LogP contribution in [0.3, 0.4) is 0 Å². The van der Waals surface area contributed by atoms with E-state index in [1.807, 2.05) is 0 Å². The standard InChI is InChI=1S/C6H3N3O7.Ag.H2O/c10-6-4(8(13)14)1-3(7(11)12)2-5(6)9(15)16;;/h1-2,10H;;1H2. The molecule has 18 heavy (non-hydrogen) atoms. The number of rotatable bonds is 3. The minimum absolute atomic E-state index is 0. The van der Waals surface area contributed by atoms with Gasteiger partial charge in [0.25, 0.3) is 11.4 Å². The molecule has 0 unspecified atom stereocenters. The Hall–Kier alpha value is -2.08. The number of nitro groups is 3. The largest absolute Gasteiger partial charge is 0.497 e. The number of phenols is 1. The molecule has 0 aliphatic heterocycles. The number of phenolic OH excluding ortho intramolecular Hbond substituents is 1. The first kappa shape index (κ1) is 18.3. The van der Waals surface area contributed by atoms with Crippen molar-refractivity contribution in [3.63, 3.8) is 0 Å². The monoisotopic (exact) mass is 354 g/mol. The molecule has 0 amide bonds. The van der Waals surface area contributed by atoms with Crippen LogP contribution in [-0.4, -0.2) is 25.4 Å². The topological polar surface area (TPSA) is 181 Å². The van der Waals surface area contributed by atoms with Gasteiger partial charge >= 0.3 is 11.4 Å². The van der Waals surface area contributed by atoms with Crippen LogP contribution >= 0.6 is 0 Å². The summed E-state index contributed by atoms with van der Waals surface area (Å²) in [4.78, 5) is 27.8. The maximum absolute atomic E-state index is 10.4. The van der Waals surface area contributed by atoms with E-state index < -0.39 is 37.6 Å². The SMILES string of the molecule is O.O=[N+]([O-])c1cc([N+](=O)[O-])c(O)c([N+](=O)[O-])c1.[Ag]. The average Bonchev–Trinajstić information content (AvgIpc) is 2.16. The van der Waals surface area contributed by atoms with Gasteiger partial charge in [0, 0.05) is 22.4 Å². The Labute approximate surface area is 113 Å². The molecule has 1 aromatic carbocycles. The number of hydrogen-bond acceptors (Lipinski definition) is 7. The van der Waals surface area contributed by atoms with Gasteiger partial charge in [-0.25, -0.2) is 0 Å². The second kappa shape index (κ2) is 6.61. The fourth-order valence-corrected chi connectivity index (χ4v) is 0.974. The van der Waals surface area contributed by atoms with Crippen LogP contribution in [0, 0.1) is 30.3 Å². The van der Waals surface area contributed by atoms with Crippen LogP contribution in [0.2, 0.25) is 0 Å². The van der Waals surface area contributed by atoms with E-state index in [9.17, 15) is 30.3 Å². The van der Waals surface area contributed by atoms with E-state index in [2.05, 4.69) is 0 Å². The van der Waals surface area contributed by atoms with E-state index in [4.69, 9.17) is 5.11 Å². The third-order valence-electron chi connectivity index (χ3n) is 1.66. The molecule has 103 valence electrons. The first-order chi connectivity index (χ1) is 7.34. The van der Waals surface area contributed by atoms with Gasteiger partial charge in [-0.15, -0.1) is 0 Å². The van der Waals surface area contributed by atoms with Crippen LogP contribution < -0.4 is 0 Å². The van der Waals surface area contributed by atoms with Crippen molar-refractivity contribution in [1.82, 2.24) is 0 Å². The van der Waals surface area contributed by atoms with Crippen molar-refractivity contribution in [2.45, 2.75) is 0 Å². The molecule has 0 heterocycles. The molecule has 0 fully saturated rings. The summed E-state index contributed by atoms with van der Waals surface area (Å²) in [5, 5.41) is 40.2. The summed E-state index contributed by atoms with van der Waals surface area (Å²) in [5.41, 5.74) is -3.00. The molecule has 0 atom stereocenters. The van der Waals surface area contributed by atoms with Gasteiger partial charge in [-0.3, -0.25) is 30.3 Å². The van der Waals surface area contributed by atoms with Gasteiger partial charge < -0.3 is 10.6 Å². The first-order valence-electron chi connectivity index (χ1n) is 3.64. The van der Waals surface area contributed by atoms with E-state index in [1.54, 1.807) is 0 Å². The van der Waals surface area contributed by atoms with E-state index in [0.717, 1.165) is 0 Å². The Kier molecular flexibility index (Phi) is 6.71. The zero-order chi connectivity index (χ0) is 12.5. The Morgan fingerprint density at radius 1 is 0.889 bits per heavy atom. The average molecular weight is 355 g/mol. The third-order valence-corrected chi connectivity index (χ3v) is 1.66. The zero-order valence-electron chi connectivity index (χ0n) is 8.19. The molecule has 1 radical (unpaired) electrons. The molecule has 0 aliphatic carbocycles. The second-order valence-electron chi connectivity index (χ2n) is 2.60. The van der Waals surface area contributed by atoms with Crippen LogP contribution in [0.5, 0.6) is 5.75 Å². The van der Waals surface area contributed by atoms with Crippen molar-refractivity contribution < 1.29 is 47.7 Å². The van der Waals surface area contributed by atoms with Crippen molar-refractivity contribution in [3.8, 4) is 5.75 Å². The molecular formula is C6H5AgN3O8. The summed E-state index contributed by atoms with van der Waals surface area (Å²) < 4.78 is 0. The van der Waals surface area contributed by atoms with Crippen molar-refractivity contribution in [3.05, 3.63) is 42.5 Å². The molecule has 1 aromatic rings. The normalized spacial score (nSPS) is 8.67. The molecule has 0 aromatic heterocycles. The van der Waals surface area contributed by atoms with Gasteiger partial charge in [0.15, 0.2) is 0 Å². The fraction of sp³-hybridized carbons (Fsp3) is 0. The third kappa shape index (κ3) is 3.46. The molecule has 0 bridgehead atoms. The van der Waals surface area contributed by atoms with Crippen LogP contribution in [0.1, 0.15) is 0 Å². The molecule has 0 saturated carbocycles. The summed E-state index contributed by atoms with van der Waals surface area (Å²) in [6.45, 7) is 0. The van der Waals surface area contributed by atoms with Crippen LogP contribution in [-0.2, 0) is 22.4 Å². The molecule has 0 saturated heterocycles. The molecule has 11 nitrogen and oxygen atoms in total. The smallest absolute Gasteiger partial charge is 0.324 e. The maximum Gasteiger partial charge on any atom is 0.324 e. The van der Waals surface area contributed by atoms with Crippen LogP contribution in [0.15, 0.2) is 12.1 Å². The van der Waals surface area contributed by atoms with E-state index in [0.29, 0.717) is 12.1 Å². The van der Waals surface area contributed by atoms with Crippen molar-refractivity contribution in [2.75, 3.05) is 0 Å². The Balaban J connectivity index is 0. The maximum atomic E-state index is 10.4. The van der Waals surface area contributed by atoms with Crippen molar-refractivity contribution in [1.29, 1.82) is 0 Å². The Bertz CT molecular complexity index is 469. The summed E-state index contributed by atoms with van der Waals surface area (Å²) in [6.07, 6.45) is 0. The quantitative estimate of drug-likeness (QED) is 0.459.